The molecule has 0 radical (unpaired) electrons. The van der Waals surface area contributed by atoms with Gasteiger partial charge in [-0.15, -0.1) is 11.3 Å². The zero-order valence-electron chi connectivity index (χ0n) is 9.92. The molecule has 3 N–H and O–H groups in total. The third-order valence-electron chi connectivity index (χ3n) is 3.14. The van der Waals surface area contributed by atoms with Crippen molar-refractivity contribution in [3.8, 4) is 0 Å². The Morgan fingerprint density at radius 3 is 2.47 bits per heavy atom. The maximum Gasteiger partial charge on any atom is 0.0558 e. The van der Waals surface area contributed by atoms with Gasteiger partial charge in [0.2, 0.25) is 0 Å². The van der Waals surface area contributed by atoms with E-state index in [1.54, 1.807) is 11.3 Å². The van der Waals surface area contributed by atoms with E-state index >= 15 is 0 Å². The van der Waals surface area contributed by atoms with E-state index in [9.17, 15) is 0 Å². The molecule has 1 atom stereocenters. The van der Waals surface area contributed by atoms with Crippen LogP contribution < -0.4 is 11.3 Å². The molecule has 0 aliphatic carbocycles. The van der Waals surface area contributed by atoms with Crippen LogP contribution in [0.3, 0.4) is 0 Å². The molecule has 3 heteroatoms. The summed E-state index contributed by atoms with van der Waals surface area (Å²) in [5, 5.41) is 2.14. The Labute approximate surface area is 96.9 Å². The number of nitrogens with one attached hydrogen (secondary N) is 1. The number of thiophene rings is 1. The van der Waals surface area contributed by atoms with Crippen LogP contribution in [0.25, 0.3) is 0 Å². The van der Waals surface area contributed by atoms with Crippen LogP contribution >= 0.6 is 11.3 Å². The molecular weight excluding hydrogens is 204 g/mol. The standard InChI is InChI=1S/C12H22N2S/c1-4-10(5-2)8-11(14-13)12-9(3)6-7-15-12/h6-7,10-11,14H,4-5,8,13H2,1-3H3. The second-order valence-corrected chi connectivity index (χ2v) is 5.05. The maximum atomic E-state index is 5.65. The van der Waals surface area contributed by atoms with Gasteiger partial charge in [0, 0.05) is 4.88 Å². The van der Waals surface area contributed by atoms with Gasteiger partial charge in [-0.05, 0) is 36.3 Å². The van der Waals surface area contributed by atoms with Gasteiger partial charge in [0.15, 0.2) is 0 Å². The van der Waals surface area contributed by atoms with Gasteiger partial charge in [-0.2, -0.15) is 0 Å². The first-order valence-corrected chi connectivity index (χ1v) is 6.60. The van der Waals surface area contributed by atoms with E-state index in [0.29, 0.717) is 6.04 Å². The summed E-state index contributed by atoms with van der Waals surface area (Å²) in [5.41, 5.74) is 4.31. The maximum absolute atomic E-state index is 5.65. The number of hydrazine groups is 1. The number of hydrogen-bond donors (Lipinski definition) is 2. The van der Waals surface area contributed by atoms with Crippen LogP contribution in [0.15, 0.2) is 11.4 Å². The van der Waals surface area contributed by atoms with Crippen LogP contribution in [0.1, 0.15) is 49.6 Å². The zero-order valence-corrected chi connectivity index (χ0v) is 10.7. The fourth-order valence-corrected chi connectivity index (χ4v) is 2.95. The average molecular weight is 226 g/mol. The van der Waals surface area contributed by atoms with E-state index in [0.717, 1.165) is 12.3 Å². The molecule has 0 aliphatic rings. The van der Waals surface area contributed by atoms with Crippen molar-refractivity contribution in [1.82, 2.24) is 5.43 Å². The summed E-state index contributed by atoms with van der Waals surface area (Å²) in [7, 11) is 0. The zero-order chi connectivity index (χ0) is 11.3. The quantitative estimate of drug-likeness (QED) is 0.576. The van der Waals surface area contributed by atoms with E-state index in [-0.39, 0.29) is 0 Å². The van der Waals surface area contributed by atoms with Gasteiger partial charge in [-0.25, -0.2) is 0 Å². The number of hydrogen-bond acceptors (Lipinski definition) is 3. The second-order valence-electron chi connectivity index (χ2n) is 4.11. The third-order valence-corrected chi connectivity index (χ3v) is 4.28. The lowest BCUT2D eigenvalue weighted by Gasteiger charge is -2.21. The highest BCUT2D eigenvalue weighted by Crippen LogP contribution is 2.30. The highest BCUT2D eigenvalue weighted by molar-refractivity contribution is 7.10. The minimum absolute atomic E-state index is 0.329. The minimum Gasteiger partial charge on any atom is -0.271 e. The molecule has 15 heavy (non-hydrogen) atoms. The molecule has 1 rings (SSSR count). The molecule has 2 nitrogen and oxygen atoms in total. The van der Waals surface area contributed by atoms with E-state index in [1.807, 2.05) is 0 Å². The molecule has 1 aromatic rings. The Morgan fingerprint density at radius 2 is 2.07 bits per heavy atom. The van der Waals surface area contributed by atoms with Crippen LogP contribution in [0.2, 0.25) is 0 Å². The van der Waals surface area contributed by atoms with Gasteiger partial charge < -0.3 is 0 Å². The highest BCUT2D eigenvalue weighted by atomic mass is 32.1. The summed E-state index contributed by atoms with van der Waals surface area (Å²) in [6, 6.07) is 2.49. The molecule has 0 saturated carbocycles. The average Bonchev–Trinajstić information content (AvgIpc) is 2.67. The Bertz CT molecular complexity index is 279. The summed E-state index contributed by atoms with van der Waals surface area (Å²) in [6.07, 6.45) is 3.61. The van der Waals surface area contributed by atoms with Gasteiger partial charge >= 0.3 is 0 Å². The number of aryl methyl sites for hydroxylation is 1. The van der Waals surface area contributed by atoms with Crippen molar-refractivity contribution in [3.63, 3.8) is 0 Å². The van der Waals surface area contributed by atoms with Crippen molar-refractivity contribution in [1.29, 1.82) is 0 Å². The minimum atomic E-state index is 0.329. The van der Waals surface area contributed by atoms with Crippen LogP contribution in [-0.2, 0) is 0 Å². The Kier molecular flexibility index (Phi) is 5.29. The van der Waals surface area contributed by atoms with Crippen molar-refractivity contribution < 1.29 is 0 Å². The molecule has 0 aliphatic heterocycles. The van der Waals surface area contributed by atoms with Crippen LogP contribution in [0, 0.1) is 12.8 Å². The van der Waals surface area contributed by atoms with Crippen LogP contribution in [-0.4, -0.2) is 0 Å². The lowest BCUT2D eigenvalue weighted by Crippen LogP contribution is -2.29. The van der Waals surface area contributed by atoms with Gasteiger partial charge in [-0.3, -0.25) is 11.3 Å². The van der Waals surface area contributed by atoms with E-state index in [1.165, 1.54) is 23.3 Å². The first-order chi connectivity index (χ1) is 7.22. The van der Waals surface area contributed by atoms with Gasteiger partial charge in [0.1, 0.15) is 0 Å². The van der Waals surface area contributed by atoms with E-state index in [2.05, 4.69) is 37.6 Å². The summed E-state index contributed by atoms with van der Waals surface area (Å²) >= 11 is 1.80. The molecule has 0 saturated heterocycles. The van der Waals surface area contributed by atoms with Crippen molar-refractivity contribution in [3.05, 3.63) is 21.9 Å². The summed E-state index contributed by atoms with van der Waals surface area (Å²) < 4.78 is 0. The fourth-order valence-electron chi connectivity index (χ4n) is 1.95. The Balaban J connectivity index is 2.68. The first kappa shape index (κ1) is 12.7. The third kappa shape index (κ3) is 3.30. The predicted octanol–water partition coefficient (Wildman–Crippen LogP) is 3.39. The largest absolute Gasteiger partial charge is 0.271 e. The summed E-state index contributed by atoms with van der Waals surface area (Å²) in [5.74, 6) is 6.42. The molecule has 86 valence electrons. The van der Waals surface area contributed by atoms with Crippen molar-refractivity contribution in [2.75, 3.05) is 0 Å². The monoisotopic (exact) mass is 226 g/mol. The predicted molar refractivity (Wildman–Crippen MR) is 67.8 cm³/mol. The number of rotatable bonds is 6. The van der Waals surface area contributed by atoms with Crippen LogP contribution in [0.5, 0.6) is 0 Å². The smallest absolute Gasteiger partial charge is 0.0558 e. The molecule has 1 unspecified atom stereocenters. The molecule has 1 heterocycles. The van der Waals surface area contributed by atoms with Gasteiger partial charge in [0.25, 0.3) is 0 Å². The van der Waals surface area contributed by atoms with E-state index < -0.39 is 0 Å². The lowest BCUT2D eigenvalue weighted by atomic mass is 9.93. The summed E-state index contributed by atoms with van der Waals surface area (Å²) in [6.45, 7) is 6.66. The van der Waals surface area contributed by atoms with Crippen LogP contribution in [0.4, 0.5) is 0 Å². The lowest BCUT2D eigenvalue weighted by molar-refractivity contribution is 0.377. The molecule has 0 aromatic carbocycles. The number of nitrogens with two attached hydrogens (primary N) is 1. The van der Waals surface area contributed by atoms with Gasteiger partial charge in [0.05, 0.1) is 6.04 Å². The molecule has 0 spiro atoms. The SMILES string of the molecule is CCC(CC)CC(NN)c1sccc1C. The molecule has 0 bridgehead atoms. The van der Waals surface area contributed by atoms with Crippen molar-refractivity contribution >= 4 is 11.3 Å². The Hall–Kier alpha value is -0.380. The van der Waals surface area contributed by atoms with Gasteiger partial charge in [-0.1, -0.05) is 26.7 Å². The highest BCUT2D eigenvalue weighted by Gasteiger charge is 2.17. The molecule has 0 amide bonds. The van der Waals surface area contributed by atoms with Crippen molar-refractivity contribution in [2.45, 2.75) is 46.1 Å². The first-order valence-electron chi connectivity index (χ1n) is 5.73. The van der Waals surface area contributed by atoms with E-state index in [4.69, 9.17) is 5.84 Å². The normalized spacial score (nSPS) is 13.4. The molecular formula is C12H22N2S. The topological polar surface area (TPSA) is 38.0 Å². The molecule has 1 aromatic heterocycles. The Morgan fingerprint density at radius 1 is 1.40 bits per heavy atom. The summed E-state index contributed by atoms with van der Waals surface area (Å²) in [4.78, 5) is 1.39. The fraction of sp³-hybridized carbons (Fsp3) is 0.667. The van der Waals surface area contributed by atoms with Crippen molar-refractivity contribution in [2.24, 2.45) is 11.8 Å². The molecule has 0 fully saturated rings. The second kappa shape index (κ2) is 6.26.